The highest BCUT2D eigenvalue weighted by Crippen LogP contribution is 2.36. The molecular formula is C17H26. The molecule has 0 aliphatic heterocycles. The number of hydrogen-bond donors (Lipinski definition) is 0. The monoisotopic (exact) mass is 230 g/mol. The summed E-state index contributed by atoms with van der Waals surface area (Å²) in [4.78, 5) is 0. The van der Waals surface area contributed by atoms with E-state index in [9.17, 15) is 0 Å². The van der Waals surface area contributed by atoms with Crippen LogP contribution in [0.5, 0.6) is 0 Å². The van der Waals surface area contributed by atoms with Crippen molar-refractivity contribution >= 4 is 0 Å². The average Bonchev–Trinajstić information content (AvgIpc) is 2.37. The first-order chi connectivity index (χ1) is 8.29. The van der Waals surface area contributed by atoms with E-state index in [1.807, 2.05) is 0 Å². The normalized spacial score (nSPS) is 26.7. The Kier molecular flexibility index (Phi) is 4.65. The molecule has 94 valence electrons. The predicted octanol–water partition coefficient (Wildman–Crippen LogP) is 5.08. The lowest BCUT2D eigenvalue weighted by Crippen LogP contribution is -2.23. The Bertz CT molecular complexity index is 314. The second kappa shape index (κ2) is 6.23. The van der Waals surface area contributed by atoms with Crippen molar-refractivity contribution in [2.24, 2.45) is 17.8 Å². The van der Waals surface area contributed by atoms with Crippen LogP contribution >= 0.6 is 0 Å². The van der Waals surface area contributed by atoms with Crippen molar-refractivity contribution in [2.75, 3.05) is 0 Å². The molecule has 0 heterocycles. The van der Waals surface area contributed by atoms with Crippen molar-refractivity contribution in [3.05, 3.63) is 35.9 Å². The molecule has 0 spiro atoms. The van der Waals surface area contributed by atoms with Crippen LogP contribution in [0.1, 0.15) is 51.5 Å². The zero-order chi connectivity index (χ0) is 12.1. The quantitative estimate of drug-likeness (QED) is 0.676. The SMILES string of the molecule is CCC(Cc1ccccc1)C1CCCC(C)C1. The fourth-order valence-corrected chi connectivity index (χ4v) is 3.47. The lowest BCUT2D eigenvalue weighted by atomic mass is 9.73. The van der Waals surface area contributed by atoms with Gasteiger partial charge in [0.25, 0.3) is 0 Å². The number of rotatable bonds is 4. The topological polar surface area (TPSA) is 0 Å². The second-order valence-electron chi connectivity index (χ2n) is 5.89. The minimum absolute atomic E-state index is 0.903. The first-order valence-electron chi connectivity index (χ1n) is 7.33. The van der Waals surface area contributed by atoms with E-state index in [2.05, 4.69) is 44.2 Å². The number of hydrogen-bond acceptors (Lipinski definition) is 0. The molecule has 0 N–H and O–H groups in total. The molecule has 1 aromatic carbocycles. The maximum absolute atomic E-state index is 2.43. The molecular weight excluding hydrogens is 204 g/mol. The average molecular weight is 230 g/mol. The minimum Gasteiger partial charge on any atom is -0.0651 e. The standard InChI is InChI=1S/C17H26/c1-3-16(13-15-9-5-4-6-10-15)17-11-7-8-14(2)12-17/h4-6,9-10,14,16-17H,3,7-8,11-13H2,1-2H3. The van der Waals surface area contributed by atoms with Crippen LogP contribution in [0.4, 0.5) is 0 Å². The van der Waals surface area contributed by atoms with Gasteiger partial charge in [-0.15, -0.1) is 0 Å². The van der Waals surface area contributed by atoms with Crippen molar-refractivity contribution in [2.45, 2.75) is 52.4 Å². The molecule has 3 atom stereocenters. The molecule has 1 fully saturated rings. The molecule has 0 radical (unpaired) electrons. The van der Waals surface area contributed by atoms with Crippen LogP contribution in [0, 0.1) is 17.8 Å². The second-order valence-corrected chi connectivity index (χ2v) is 5.89. The molecule has 0 amide bonds. The van der Waals surface area contributed by atoms with Gasteiger partial charge in [-0.05, 0) is 36.2 Å². The van der Waals surface area contributed by atoms with Crippen LogP contribution < -0.4 is 0 Å². The molecule has 3 unspecified atom stereocenters. The van der Waals surface area contributed by atoms with Gasteiger partial charge in [0.1, 0.15) is 0 Å². The third-order valence-electron chi connectivity index (χ3n) is 4.51. The van der Waals surface area contributed by atoms with Crippen molar-refractivity contribution < 1.29 is 0 Å². The Morgan fingerprint density at radius 1 is 1.18 bits per heavy atom. The summed E-state index contributed by atoms with van der Waals surface area (Å²) in [6, 6.07) is 11.0. The summed E-state index contributed by atoms with van der Waals surface area (Å²) in [7, 11) is 0. The summed E-state index contributed by atoms with van der Waals surface area (Å²) in [6.45, 7) is 4.80. The fourth-order valence-electron chi connectivity index (χ4n) is 3.47. The summed E-state index contributed by atoms with van der Waals surface area (Å²) in [5.41, 5.74) is 1.53. The fraction of sp³-hybridized carbons (Fsp3) is 0.647. The summed E-state index contributed by atoms with van der Waals surface area (Å²) < 4.78 is 0. The van der Waals surface area contributed by atoms with Gasteiger partial charge in [-0.25, -0.2) is 0 Å². The van der Waals surface area contributed by atoms with Crippen LogP contribution in [0.3, 0.4) is 0 Å². The van der Waals surface area contributed by atoms with Crippen LogP contribution in [-0.4, -0.2) is 0 Å². The lowest BCUT2D eigenvalue weighted by Gasteiger charge is -2.33. The molecule has 0 saturated heterocycles. The van der Waals surface area contributed by atoms with E-state index in [1.54, 1.807) is 0 Å². The Morgan fingerprint density at radius 2 is 1.94 bits per heavy atom. The summed E-state index contributed by atoms with van der Waals surface area (Å²) in [5, 5.41) is 0. The molecule has 0 nitrogen and oxygen atoms in total. The highest BCUT2D eigenvalue weighted by atomic mass is 14.3. The van der Waals surface area contributed by atoms with Crippen molar-refractivity contribution in [1.82, 2.24) is 0 Å². The molecule has 17 heavy (non-hydrogen) atoms. The lowest BCUT2D eigenvalue weighted by molar-refractivity contribution is 0.198. The van der Waals surface area contributed by atoms with Gasteiger partial charge in [0.2, 0.25) is 0 Å². The van der Waals surface area contributed by atoms with Crippen LogP contribution in [0.25, 0.3) is 0 Å². The van der Waals surface area contributed by atoms with E-state index < -0.39 is 0 Å². The largest absolute Gasteiger partial charge is 0.0651 e. The van der Waals surface area contributed by atoms with Gasteiger partial charge in [0.15, 0.2) is 0 Å². The van der Waals surface area contributed by atoms with E-state index in [-0.39, 0.29) is 0 Å². The zero-order valence-electron chi connectivity index (χ0n) is 11.4. The van der Waals surface area contributed by atoms with Crippen molar-refractivity contribution in [1.29, 1.82) is 0 Å². The van der Waals surface area contributed by atoms with Gasteiger partial charge in [-0.3, -0.25) is 0 Å². The molecule has 1 aromatic rings. The van der Waals surface area contributed by atoms with E-state index in [1.165, 1.54) is 44.1 Å². The van der Waals surface area contributed by atoms with Crippen molar-refractivity contribution in [3.8, 4) is 0 Å². The Hall–Kier alpha value is -0.780. The van der Waals surface area contributed by atoms with E-state index in [4.69, 9.17) is 0 Å². The Labute approximate surface area is 106 Å². The third-order valence-corrected chi connectivity index (χ3v) is 4.51. The molecule has 2 rings (SSSR count). The van der Waals surface area contributed by atoms with Gasteiger partial charge in [0, 0.05) is 0 Å². The molecule has 0 heteroatoms. The van der Waals surface area contributed by atoms with Gasteiger partial charge in [-0.1, -0.05) is 69.9 Å². The first-order valence-corrected chi connectivity index (χ1v) is 7.33. The van der Waals surface area contributed by atoms with Gasteiger partial charge in [0.05, 0.1) is 0 Å². The Morgan fingerprint density at radius 3 is 2.59 bits per heavy atom. The van der Waals surface area contributed by atoms with E-state index >= 15 is 0 Å². The molecule has 0 aromatic heterocycles. The van der Waals surface area contributed by atoms with Crippen molar-refractivity contribution in [3.63, 3.8) is 0 Å². The van der Waals surface area contributed by atoms with Crippen LogP contribution in [0.2, 0.25) is 0 Å². The maximum Gasteiger partial charge on any atom is -0.0248 e. The van der Waals surface area contributed by atoms with Gasteiger partial charge < -0.3 is 0 Å². The van der Waals surface area contributed by atoms with Gasteiger partial charge >= 0.3 is 0 Å². The molecule has 1 aliphatic rings. The maximum atomic E-state index is 2.43. The third kappa shape index (κ3) is 3.59. The summed E-state index contributed by atoms with van der Waals surface area (Å²) in [6.07, 6.45) is 8.47. The minimum atomic E-state index is 0.903. The van der Waals surface area contributed by atoms with E-state index in [0.717, 1.165) is 17.8 Å². The zero-order valence-corrected chi connectivity index (χ0v) is 11.4. The predicted molar refractivity (Wildman–Crippen MR) is 75.0 cm³/mol. The molecule has 1 aliphatic carbocycles. The summed E-state index contributed by atoms with van der Waals surface area (Å²) >= 11 is 0. The highest BCUT2D eigenvalue weighted by molar-refractivity contribution is 5.15. The highest BCUT2D eigenvalue weighted by Gasteiger charge is 2.25. The smallest absolute Gasteiger partial charge is 0.0248 e. The number of benzene rings is 1. The van der Waals surface area contributed by atoms with Crippen LogP contribution in [-0.2, 0) is 6.42 Å². The summed E-state index contributed by atoms with van der Waals surface area (Å²) in [5.74, 6) is 2.84. The Balaban J connectivity index is 1.96. The first kappa shape index (κ1) is 12.7. The molecule has 1 saturated carbocycles. The molecule has 0 bridgehead atoms. The van der Waals surface area contributed by atoms with Crippen LogP contribution in [0.15, 0.2) is 30.3 Å². The van der Waals surface area contributed by atoms with E-state index in [0.29, 0.717) is 0 Å². The van der Waals surface area contributed by atoms with Gasteiger partial charge in [-0.2, -0.15) is 0 Å².